The largest absolute Gasteiger partial charge is 0.374 e. The zero-order valence-electron chi connectivity index (χ0n) is 15.6. The van der Waals surface area contributed by atoms with Crippen LogP contribution in [0, 0.1) is 0 Å². The van der Waals surface area contributed by atoms with Crippen molar-refractivity contribution in [3.63, 3.8) is 0 Å². The summed E-state index contributed by atoms with van der Waals surface area (Å²) in [6, 6.07) is 25.8. The minimum atomic E-state index is -1.93. The van der Waals surface area contributed by atoms with Crippen LogP contribution in [-0.2, 0) is 21.7 Å². The third-order valence-electron chi connectivity index (χ3n) is 5.32. The van der Waals surface area contributed by atoms with Crippen molar-refractivity contribution in [3.05, 3.63) is 102 Å². The maximum absolute atomic E-state index is 13.5. The Morgan fingerprint density at radius 1 is 0.929 bits per heavy atom. The molecule has 0 saturated heterocycles. The van der Waals surface area contributed by atoms with E-state index in [2.05, 4.69) is 0 Å². The van der Waals surface area contributed by atoms with Gasteiger partial charge < -0.3 is 10.0 Å². The SMILES string of the molecule is CC(=O)C(c1ccccc1)C1(O)C(=O)N(Cc2ccccc2)c2ccccc21. The summed E-state index contributed by atoms with van der Waals surface area (Å²) < 4.78 is 0. The molecule has 1 heterocycles. The Morgan fingerprint density at radius 3 is 2.14 bits per heavy atom. The first-order valence-corrected chi connectivity index (χ1v) is 9.26. The molecule has 0 saturated carbocycles. The highest BCUT2D eigenvalue weighted by Gasteiger charge is 2.56. The Labute approximate surface area is 164 Å². The number of ketones is 1. The molecule has 2 atom stereocenters. The number of hydrogen-bond acceptors (Lipinski definition) is 3. The summed E-state index contributed by atoms with van der Waals surface area (Å²) in [5, 5.41) is 11.7. The minimum absolute atomic E-state index is 0.251. The van der Waals surface area contributed by atoms with E-state index in [1.54, 1.807) is 29.2 Å². The summed E-state index contributed by atoms with van der Waals surface area (Å²) in [7, 11) is 0. The molecule has 0 fully saturated rings. The van der Waals surface area contributed by atoms with Crippen molar-refractivity contribution in [1.82, 2.24) is 0 Å². The summed E-state index contributed by atoms with van der Waals surface area (Å²) in [6.45, 7) is 1.75. The van der Waals surface area contributed by atoms with Crippen molar-refractivity contribution >= 4 is 17.4 Å². The standard InChI is InChI=1S/C24H21NO3/c1-17(26)22(19-12-6-3-7-13-19)24(28)20-14-8-9-15-21(20)25(23(24)27)16-18-10-4-2-5-11-18/h2-15,22,28H,16H2,1H3. The Kier molecular flexibility index (Phi) is 4.57. The molecule has 0 aromatic heterocycles. The van der Waals surface area contributed by atoms with E-state index < -0.39 is 17.4 Å². The lowest BCUT2D eigenvalue weighted by Gasteiger charge is -2.30. The first kappa shape index (κ1) is 18.1. The van der Waals surface area contributed by atoms with Crippen LogP contribution in [0.5, 0.6) is 0 Å². The molecule has 4 heteroatoms. The van der Waals surface area contributed by atoms with Crippen LogP contribution in [0.3, 0.4) is 0 Å². The van der Waals surface area contributed by atoms with E-state index in [-0.39, 0.29) is 5.78 Å². The van der Waals surface area contributed by atoms with Gasteiger partial charge in [0.15, 0.2) is 5.60 Å². The van der Waals surface area contributed by atoms with Gasteiger partial charge >= 0.3 is 0 Å². The molecule has 140 valence electrons. The molecule has 3 aromatic rings. The molecule has 0 radical (unpaired) electrons. The summed E-state index contributed by atoms with van der Waals surface area (Å²) >= 11 is 0. The highest BCUT2D eigenvalue weighted by molar-refractivity contribution is 6.10. The van der Waals surface area contributed by atoms with Crippen LogP contribution >= 0.6 is 0 Å². The monoisotopic (exact) mass is 371 g/mol. The lowest BCUT2D eigenvalue weighted by Crippen LogP contribution is -2.46. The molecule has 1 aliphatic heterocycles. The third kappa shape index (κ3) is 2.83. The van der Waals surface area contributed by atoms with Crippen LogP contribution in [-0.4, -0.2) is 16.8 Å². The van der Waals surface area contributed by atoms with Gasteiger partial charge in [0, 0.05) is 5.56 Å². The number of para-hydroxylation sites is 1. The fraction of sp³-hybridized carbons (Fsp3) is 0.167. The zero-order valence-corrected chi connectivity index (χ0v) is 15.6. The van der Waals surface area contributed by atoms with E-state index in [9.17, 15) is 14.7 Å². The molecule has 4 rings (SSSR count). The molecule has 28 heavy (non-hydrogen) atoms. The van der Waals surface area contributed by atoms with E-state index in [1.165, 1.54) is 6.92 Å². The number of Topliss-reactive ketones (excluding diaryl/α,β-unsaturated/α-hetero) is 1. The number of benzene rings is 3. The Bertz CT molecular complexity index is 1020. The van der Waals surface area contributed by atoms with Gasteiger partial charge in [-0.3, -0.25) is 9.59 Å². The van der Waals surface area contributed by atoms with E-state index in [0.717, 1.165) is 5.56 Å². The minimum Gasteiger partial charge on any atom is -0.374 e. The maximum Gasteiger partial charge on any atom is 0.265 e. The van der Waals surface area contributed by atoms with Gasteiger partial charge in [-0.2, -0.15) is 0 Å². The number of amides is 1. The van der Waals surface area contributed by atoms with Crippen molar-refractivity contribution < 1.29 is 14.7 Å². The van der Waals surface area contributed by atoms with Crippen LogP contribution in [0.25, 0.3) is 0 Å². The fourth-order valence-electron chi connectivity index (χ4n) is 4.08. The predicted octanol–water partition coefficient (Wildman–Crippen LogP) is 3.79. The molecule has 1 aliphatic rings. The average Bonchev–Trinajstić information content (AvgIpc) is 2.92. The number of nitrogens with zero attached hydrogens (tertiary/aromatic N) is 1. The summed E-state index contributed by atoms with van der Waals surface area (Å²) in [5.41, 5.74) is 0.760. The van der Waals surface area contributed by atoms with Gasteiger partial charge in [0.1, 0.15) is 5.78 Å². The molecule has 0 spiro atoms. The topological polar surface area (TPSA) is 57.6 Å². The second-order valence-electron chi connectivity index (χ2n) is 7.11. The van der Waals surface area contributed by atoms with Gasteiger partial charge in [0.2, 0.25) is 0 Å². The highest BCUT2D eigenvalue weighted by atomic mass is 16.3. The molecule has 0 bridgehead atoms. The van der Waals surface area contributed by atoms with Crippen molar-refractivity contribution in [2.75, 3.05) is 4.90 Å². The number of carbonyl (C=O) groups is 2. The Hall–Kier alpha value is -3.24. The number of aliphatic hydroxyl groups is 1. The predicted molar refractivity (Wildman–Crippen MR) is 108 cm³/mol. The van der Waals surface area contributed by atoms with Gasteiger partial charge in [0.25, 0.3) is 5.91 Å². The molecular formula is C24H21NO3. The van der Waals surface area contributed by atoms with Gasteiger partial charge in [-0.05, 0) is 24.1 Å². The number of carbonyl (C=O) groups excluding carboxylic acids is 2. The molecular weight excluding hydrogens is 350 g/mol. The van der Waals surface area contributed by atoms with E-state index in [4.69, 9.17) is 0 Å². The Morgan fingerprint density at radius 2 is 1.50 bits per heavy atom. The highest BCUT2D eigenvalue weighted by Crippen LogP contribution is 2.48. The van der Waals surface area contributed by atoms with Gasteiger partial charge in [-0.25, -0.2) is 0 Å². The first-order valence-electron chi connectivity index (χ1n) is 9.26. The molecule has 1 amide bonds. The maximum atomic E-state index is 13.5. The van der Waals surface area contributed by atoms with Crippen molar-refractivity contribution in [3.8, 4) is 0 Å². The normalized spacial score (nSPS) is 19.4. The lowest BCUT2D eigenvalue weighted by molar-refractivity contribution is -0.144. The quantitative estimate of drug-likeness (QED) is 0.742. The number of rotatable bonds is 5. The summed E-state index contributed by atoms with van der Waals surface area (Å²) in [4.78, 5) is 27.7. The molecule has 1 N–H and O–H groups in total. The summed E-state index contributed by atoms with van der Waals surface area (Å²) in [6.07, 6.45) is 0. The lowest BCUT2D eigenvalue weighted by atomic mass is 9.76. The van der Waals surface area contributed by atoms with Crippen LogP contribution in [0.1, 0.15) is 29.5 Å². The van der Waals surface area contributed by atoms with Gasteiger partial charge in [-0.15, -0.1) is 0 Å². The van der Waals surface area contributed by atoms with Crippen LogP contribution in [0.4, 0.5) is 5.69 Å². The van der Waals surface area contributed by atoms with Crippen LogP contribution < -0.4 is 4.90 Å². The van der Waals surface area contributed by atoms with Crippen molar-refractivity contribution in [1.29, 1.82) is 0 Å². The molecule has 2 unspecified atom stereocenters. The average molecular weight is 371 g/mol. The first-order chi connectivity index (χ1) is 13.5. The smallest absolute Gasteiger partial charge is 0.265 e. The van der Waals surface area contributed by atoms with Crippen LogP contribution in [0.2, 0.25) is 0 Å². The molecule has 3 aromatic carbocycles. The number of hydrogen-bond donors (Lipinski definition) is 1. The molecule has 4 nitrogen and oxygen atoms in total. The number of anilines is 1. The number of fused-ring (bicyclic) bond motifs is 1. The third-order valence-corrected chi connectivity index (χ3v) is 5.32. The van der Waals surface area contributed by atoms with E-state index in [1.807, 2.05) is 60.7 Å². The summed E-state index contributed by atoms with van der Waals surface area (Å²) in [5.74, 6) is -1.69. The second kappa shape index (κ2) is 7.06. The Balaban J connectivity index is 1.85. The van der Waals surface area contributed by atoms with Crippen molar-refractivity contribution in [2.24, 2.45) is 0 Å². The van der Waals surface area contributed by atoms with Gasteiger partial charge in [-0.1, -0.05) is 78.9 Å². The second-order valence-corrected chi connectivity index (χ2v) is 7.11. The van der Waals surface area contributed by atoms with E-state index >= 15 is 0 Å². The van der Waals surface area contributed by atoms with Gasteiger partial charge in [0.05, 0.1) is 18.2 Å². The van der Waals surface area contributed by atoms with E-state index in [0.29, 0.717) is 23.4 Å². The van der Waals surface area contributed by atoms with Crippen LogP contribution in [0.15, 0.2) is 84.9 Å². The van der Waals surface area contributed by atoms with Crippen molar-refractivity contribution in [2.45, 2.75) is 25.0 Å². The molecule has 0 aliphatic carbocycles. The zero-order chi connectivity index (χ0) is 19.7. The fourth-order valence-corrected chi connectivity index (χ4v) is 4.08.